The monoisotopic (exact) mass is 758 g/mol. The first-order valence-electron chi connectivity index (χ1n) is 18.8. The first-order chi connectivity index (χ1) is 24.9. The van der Waals surface area contributed by atoms with Gasteiger partial charge in [0.25, 0.3) is 0 Å². The van der Waals surface area contributed by atoms with Crippen molar-refractivity contribution in [3.05, 3.63) is 23.8 Å². The van der Waals surface area contributed by atoms with Crippen molar-refractivity contribution in [1.82, 2.24) is 0 Å². The molecule has 0 amide bonds. The van der Waals surface area contributed by atoms with Gasteiger partial charge in [0.05, 0.1) is 51.5 Å². The number of hydrogen-bond donors (Lipinski definition) is 6. The number of aliphatic hydroxyl groups excluding tert-OH is 5. The number of carbonyl (C=O) groups excluding carboxylic acids is 3. The van der Waals surface area contributed by atoms with Crippen molar-refractivity contribution >= 4 is 18.0 Å². The van der Waals surface area contributed by atoms with Gasteiger partial charge in [-0.3, -0.25) is 9.59 Å². The zero-order valence-corrected chi connectivity index (χ0v) is 32.6. The van der Waals surface area contributed by atoms with Crippen molar-refractivity contribution in [3.63, 3.8) is 0 Å². The summed E-state index contributed by atoms with van der Waals surface area (Å²) in [6, 6.07) is -0.662. The van der Waals surface area contributed by atoms with E-state index in [1.165, 1.54) is 13.2 Å². The lowest BCUT2D eigenvalue weighted by Crippen LogP contribution is -3.14. The third-order valence-corrected chi connectivity index (χ3v) is 11.0. The predicted molar refractivity (Wildman–Crippen MR) is 190 cm³/mol. The molecule has 0 bridgehead atoms. The van der Waals surface area contributed by atoms with E-state index in [1.54, 1.807) is 54.8 Å². The summed E-state index contributed by atoms with van der Waals surface area (Å²) in [5, 5.41) is 54.5. The molecule has 0 aliphatic carbocycles. The number of quaternary nitrogens is 1. The summed E-state index contributed by atoms with van der Waals surface area (Å²) in [5.41, 5.74) is 0.675. The molecule has 0 aromatic carbocycles. The van der Waals surface area contributed by atoms with Crippen LogP contribution in [0.15, 0.2) is 23.8 Å². The van der Waals surface area contributed by atoms with Crippen LogP contribution >= 0.6 is 0 Å². The van der Waals surface area contributed by atoms with Crippen LogP contribution in [-0.2, 0) is 42.8 Å². The van der Waals surface area contributed by atoms with E-state index in [0.717, 1.165) is 4.90 Å². The van der Waals surface area contributed by atoms with Gasteiger partial charge >= 0.3 is 5.97 Å². The average molecular weight is 759 g/mol. The van der Waals surface area contributed by atoms with Crippen LogP contribution in [-0.4, -0.2) is 151 Å². The number of aldehydes is 1. The number of methoxy groups -OCH3 is 1. The summed E-state index contributed by atoms with van der Waals surface area (Å²) in [6.07, 6.45) is -6.71. The van der Waals surface area contributed by atoms with Gasteiger partial charge in [-0.2, -0.15) is 0 Å². The summed E-state index contributed by atoms with van der Waals surface area (Å²) >= 11 is 0. The Bertz CT molecular complexity index is 1250. The molecular weight excluding hydrogens is 694 g/mol. The van der Waals surface area contributed by atoms with Crippen LogP contribution < -0.4 is 4.90 Å². The van der Waals surface area contributed by atoms with Crippen LogP contribution in [0.1, 0.15) is 67.2 Å². The minimum absolute atomic E-state index is 0.0290. The van der Waals surface area contributed by atoms with E-state index < -0.39 is 116 Å². The van der Waals surface area contributed by atoms with Gasteiger partial charge in [-0.05, 0) is 45.6 Å². The van der Waals surface area contributed by atoms with Gasteiger partial charge in [0.1, 0.15) is 42.8 Å². The van der Waals surface area contributed by atoms with Crippen LogP contribution in [0, 0.1) is 23.7 Å². The average Bonchev–Trinajstić information content (AvgIpc) is 3.10. The maximum absolute atomic E-state index is 13.5. The van der Waals surface area contributed by atoms with Crippen LogP contribution in [0.5, 0.6) is 0 Å². The molecule has 0 unspecified atom stereocenters. The molecule has 53 heavy (non-hydrogen) atoms. The van der Waals surface area contributed by atoms with Gasteiger partial charge < -0.3 is 63.6 Å². The number of likely N-dealkylation sites (N-methyl/N-ethyl adjacent to an activating group) is 1. The highest BCUT2D eigenvalue weighted by Crippen LogP contribution is 2.34. The lowest BCUT2D eigenvalue weighted by molar-refractivity contribution is -0.897. The Balaban J connectivity index is 1.96. The zero-order valence-electron chi connectivity index (χ0n) is 32.6. The highest BCUT2D eigenvalue weighted by Gasteiger charge is 2.49. The summed E-state index contributed by atoms with van der Waals surface area (Å²) < 4.78 is 35.6. The molecule has 6 N–H and O–H groups in total. The maximum atomic E-state index is 13.5. The third kappa shape index (κ3) is 11.7. The van der Waals surface area contributed by atoms with Crippen molar-refractivity contribution in [2.24, 2.45) is 23.7 Å². The Hall–Kier alpha value is -2.15. The summed E-state index contributed by atoms with van der Waals surface area (Å²) in [6.45, 7) is 10.2. The molecule has 2 fully saturated rings. The van der Waals surface area contributed by atoms with Crippen molar-refractivity contribution < 1.29 is 73.2 Å². The van der Waals surface area contributed by atoms with Crippen LogP contribution in [0.3, 0.4) is 0 Å². The number of esters is 1. The standard InChI is InChI=1S/C38H63NO14/c1-10-28-25(18-49-38-36(48-9)34(47)32(45)23(6)51-38)15-19(2)11-12-26(41)20(3)16-24(13-14-40)35(21(4)27(42)17-29(43)52-28)53-37-33(46)30(39(7)8)31(44)22(5)50-37/h11-12,14-15,20-25,27-28,30-38,42,44-47H,10,13,16-18H2,1-9H3/p+1/b12-11+,19-15+/t20-,21+,22-,23-,24+,25-,27-,28-,30+,31-,32-,33-,34-,35-,36-,37+,38-/m1/s1. The molecule has 3 rings (SSSR count). The minimum Gasteiger partial charge on any atom is -0.462 e. The molecule has 0 aromatic rings. The number of carbonyl (C=O) groups is 3. The first-order valence-corrected chi connectivity index (χ1v) is 18.8. The molecule has 15 heteroatoms. The summed E-state index contributed by atoms with van der Waals surface area (Å²) in [5.74, 6) is -3.46. The molecule has 3 aliphatic rings. The molecule has 0 spiro atoms. The fourth-order valence-electron chi connectivity index (χ4n) is 7.60. The first kappa shape index (κ1) is 45.2. The SMILES string of the molecule is CC[C@H]1OC(=O)C[C@@H](O)[C@H](C)[C@@H](O[C@@H]2O[C@H](C)[C@@H](O)[C@H]([NH+](C)C)[C@H]2O)[C@@H](CC=O)C[C@@H](C)C(=O)/C=C/C(C)=C/[C@@H]1CO[C@@H]1O[C@H](C)[C@@H](O)[C@@H](O)[C@H]1OC. The van der Waals surface area contributed by atoms with E-state index in [9.17, 15) is 39.9 Å². The molecule has 304 valence electrons. The molecular formula is C38H64NO14+. The van der Waals surface area contributed by atoms with Gasteiger partial charge in [-0.1, -0.05) is 38.5 Å². The van der Waals surface area contributed by atoms with E-state index in [1.807, 2.05) is 13.0 Å². The highest BCUT2D eigenvalue weighted by atomic mass is 16.7. The van der Waals surface area contributed by atoms with Crippen molar-refractivity contribution in [2.75, 3.05) is 27.8 Å². The second-order valence-electron chi connectivity index (χ2n) is 15.3. The third-order valence-electron chi connectivity index (χ3n) is 11.0. The number of rotatable bonds is 10. The predicted octanol–water partition coefficient (Wildman–Crippen LogP) is -0.509. The smallest absolute Gasteiger partial charge is 0.308 e. The van der Waals surface area contributed by atoms with Crippen molar-refractivity contribution in [3.8, 4) is 0 Å². The number of nitrogens with one attached hydrogen (secondary N) is 1. The maximum Gasteiger partial charge on any atom is 0.308 e. The van der Waals surface area contributed by atoms with Crippen molar-refractivity contribution in [2.45, 2.75) is 147 Å². The molecule has 0 saturated carbocycles. The van der Waals surface area contributed by atoms with Gasteiger partial charge in [-0.15, -0.1) is 0 Å². The number of allylic oxidation sites excluding steroid dienone is 3. The number of aliphatic hydroxyl groups is 5. The normalized spacial score (nSPS) is 44.2. The molecule has 0 radical (unpaired) electrons. The fourth-order valence-corrected chi connectivity index (χ4v) is 7.60. The minimum atomic E-state index is -1.32. The highest BCUT2D eigenvalue weighted by molar-refractivity contribution is 5.91. The molecule has 15 nitrogen and oxygen atoms in total. The Morgan fingerprint density at radius 2 is 1.55 bits per heavy atom. The Kier molecular flexibility index (Phi) is 17.6. The molecule has 17 atom stereocenters. The van der Waals surface area contributed by atoms with E-state index >= 15 is 0 Å². The molecule has 0 aromatic heterocycles. The quantitative estimate of drug-likeness (QED) is 0.123. The number of hydrogen-bond acceptors (Lipinski definition) is 14. The fraction of sp³-hybridized carbons (Fsp3) is 0.816. The van der Waals surface area contributed by atoms with E-state index in [0.29, 0.717) is 18.3 Å². The van der Waals surface area contributed by atoms with Crippen LogP contribution in [0.4, 0.5) is 0 Å². The second kappa shape index (κ2) is 20.7. The van der Waals surface area contributed by atoms with Crippen LogP contribution in [0.2, 0.25) is 0 Å². The Labute approximate surface area is 313 Å². The molecule has 3 heterocycles. The van der Waals surface area contributed by atoms with Gasteiger partial charge in [0, 0.05) is 31.3 Å². The lowest BCUT2D eigenvalue weighted by atomic mass is 9.79. The van der Waals surface area contributed by atoms with Gasteiger partial charge in [0.2, 0.25) is 0 Å². The van der Waals surface area contributed by atoms with Gasteiger partial charge in [-0.25, -0.2) is 0 Å². The second-order valence-corrected chi connectivity index (χ2v) is 15.3. The van der Waals surface area contributed by atoms with E-state index in [-0.39, 0.29) is 25.2 Å². The van der Waals surface area contributed by atoms with Gasteiger partial charge in [0.15, 0.2) is 24.5 Å². The zero-order chi connectivity index (χ0) is 39.7. The Morgan fingerprint density at radius 3 is 2.15 bits per heavy atom. The number of ketones is 1. The van der Waals surface area contributed by atoms with Crippen LogP contribution in [0.25, 0.3) is 0 Å². The van der Waals surface area contributed by atoms with E-state index in [4.69, 9.17) is 28.4 Å². The molecule has 3 aliphatic heterocycles. The topological polar surface area (TPSA) is 212 Å². The molecule has 2 saturated heterocycles. The van der Waals surface area contributed by atoms with Crippen molar-refractivity contribution in [1.29, 1.82) is 0 Å². The lowest BCUT2D eigenvalue weighted by Gasteiger charge is -2.45. The summed E-state index contributed by atoms with van der Waals surface area (Å²) in [7, 11) is 4.95. The Morgan fingerprint density at radius 1 is 0.906 bits per heavy atom. The summed E-state index contributed by atoms with van der Waals surface area (Å²) in [4.78, 5) is 39.8. The largest absolute Gasteiger partial charge is 0.462 e. The number of ether oxygens (including phenoxy) is 6. The van der Waals surface area contributed by atoms with E-state index in [2.05, 4.69) is 0 Å². The number of cyclic esters (lactones) is 1.